The van der Waals surface area contributed by atoms with Gasteiger partial charge in [-0.05, 0) is 32.3 Å². The molecule has 30 heavy (non-hydrogen) atoms. The summed E-state index contributed by atoms with van der Waals surface area (Å²) in [6, 6.07) is 8.15. The molecule has 0 atom stereocenters. The molecular formula is C23H29N5O2. The van der Waals surface area contributed by atoms with Crippen LogP contribution in [-0.4, -0.2) is 34.1 Å². The Morgan fingerprint density at radius 3 is 2.70 bits per heavy atom. The van der Waals surface area contributed by atoms with Gasteiger partial charge in [0.1, 0.15) is 17.0 Å². The summed E-state index contributed by atoms with van der Waals surface area (Å²) >= 11 is 0. The summed E-state index contributed by atoms with van der Waals surface area (Å²) in [4.78, 5) is 24.0. The molecule has 1 N–H and O–H groups in total. The zero-order valence-corrected chi connectivity index (χ0v) is 17.8. The third-order valence-corrected chi connectivity index (χ3v) is 5.59. The number of amides is 1. The van der Waals surface area contributed by atoms with E-state index >= 15 is 0 Å². The average Bonchev–Trinajstić information content (AvgIpc) is 2.94. The van der Waals surface area contributed by atoms with Gasteiger partial charge in [-0.25, -0.2) is 4.98 Å². The molecule has 4 rings (SSSR count). The van der Waals surface area contributed by atoms with E-state index in [2.05, 4.69) is 26.4 Å². The summed E-state index contributed by atoms with van der Waals surface area (Å²) in [5.74, 6) is 1.52. The Kier molecular flexibility index (Phi) is 6.26. The van der Waals surface area contributed by atoms with Crippen molar-refractivity contribution in [3.05, 3.63) is 46.9 Å². The molecule has 1 amide bonds. The molecular weight excluding hydrogens is 378 g/mol. The largest absolute Gasteiger partial charge is 0.356 e. The average molecular weight is 408 g/mol. The molecule has 0 aliphatic carbocycles. The van der Waals surface area contributed by atoms with Crippen LogP contribution in [0.25, 0.3) is 11.1 Å². The molecule has 1 saturated heterocycles. The van der Waals surface area contributed by atoms with Crippen molar-refractivity contribution < 1.29 is 9.32 Å². The lowest BCUT2D eigenvalue weighted by atomic mass is 10.1. The topological polar surface area (TPSA) is 84.2 Å². The molecule has 0 bridgehead atoms. The maximum Gasteiger partial charge on any atom is 0.263 e. The van der Waals surface area contributed by atoms with Gasteiger partial charge in [0.05, 0.1) is 5.69 Å². The summed E-state index contributed by atoms with van der Waals surface area (Å²) in [5.41, 5.74) is 3.61. The van der Waals surface area contributed by atoms with E-state index in [1.165, 1.54) is 18.4 Å². The van der Waals surface area contributed by atoms with Gasteiger partial charge >= 0.3 is 0 Å². The van der Waals surface area contributed by atoms with Crippen molar-refractivity contribution >= 4 is 22.8 Å². The van der Waals surface area contributed by atoms with E-state index < -0.39 is 0 Å². The van der Waals surface area contributed by atoms with Gasteiger partial charge in [-0.1, -0.05) is 47.8 Å². The Balaban J connectivity index is 1.45. The smallest absolute Gasteiger partial charge is 0.263 e. The Bertz CT molecular complexity index is 1020. The number of nitrogens with one attached hydrogen (secondary N) is 1. The molecule has 3 heterocycles. The second-order valence-electron chi connectivity index (χ2n) is 8.08. The van der Waals surface area contributed by atoms with E-state index in [0.29, 0.717) is 30.9 Å². The highest BCUT2D eigenvalue weighted by molar-refractivity contribution is 5.88. The molecule has 1 fully saturated rings. The number of carbonyl (C=O) groups is 1. The van der Waals surface area contributed by atoms with Crippen LogP contribution in [0, 0.1) is 13.8 Å². The van der Waals surface area contributed by atoms with Gasteiger partial charge in [-0.2, -0.15) is 4.98 Å². The molecule has 3 aromatic rings. The molecule has 7 heteroatoms. The number of benzene rings is 1. The van der Waals surface area contributed by atoms with Gasteiger partial charge < -0.3 is 14.7 Å². The van der Waals surface area contributed by atoms with Crippen LogP contribution < -0.4 is 10.2 Å². The first-order valence-electron chi connectivity index (χ1n) is 10.8. The molecule has 0 radical (unpaired) electrons. The van der Waals surface area contributed by atoms with Crippen LogP contribution in [0.5, 0.6) is 0 Å². The number of nitrogens with zero attached hydrogens (tertiary/aromatic N) is 4. The number of hydrogen-bond donors (Lipinski definition) is 1. The summed E-state index contributed by atoms with van der Waals surface area (Å²) in [7, 11) is 0. The molecule has 2 aromatic heterocycles. The van der Waals surface area contributed by atoms with Crippen molar-refractivity contribution in [3.8, 4) is 0 Å². The van der Waals surface area contributed by atoms with Gasteiger partial charge in [-0.3, -0.25) is 4.79 Å². The Morgan fingerprint density at radius 2 is 1.93 bits per heavy atom. The molecule has 1 aliphatic rings. The van der Waals surface area contributed by atoms with Gasteiger partial charge in [0.2, 0.25) is 5.91 Å². The predicted octanol–water partition coefficient (Wildman–Crippen LogP) is 3.86. The second-order valence-corrected chi connectivity index (χ2v) is 8.08. The first kappa shape index (κ1) is 20.3. The van der Waals surface area contributed by atoms with Crippen LogP contribution in [0.15, 0.2) is 28.8 Å². The molecule has 1 aromatic carbocycles. The van der Waals surface area contributed by atoms with Crippen LogP contribution in [0.3, 0.4) is 0 Å². The number of carbonyl (C=O) groups excluding carboxylic acids is 1. The Hall–Kier alpha value is -2.96. The van der Waals surface area contributed by atoms with Crippen LogP contribution in [0.2, 0.25) is 0 Å². The maximum atomic E-state index is 12.4. The second kappa shape index (κ2) is 9.24. The van der Waals surface area contributed by atoms with Crippen molar-refractivity contribution in [1.29, 1.82) is 0 Å². The molecule has 158 valence electrons. The normalized spacial score (nSPS) is 14.7. The highest BCUT2D eigenvalue weighted by atomic mass is 16.5. The van der Waals surface area contributed by atoms with Gasteiger partial charge in [0.15, 0.2) is 0 Å². The van der Waals surface area contributed by atoms with Crippen LogP contribution in [0.4, 0.5) is 5.82 Å². The lowest BCUT2D eigenvalue weighted by molar-refractivity contribution is -0.121. The van der Waals surface area contributed by atoms with Crippen molar-refractivity contribution in [2.45, 2.75) is 58.9 Å². The summed E-state index contributed by atoms with van der Waals surface area (Å²) < 4.78 is 5.45. The number of fused-ring (bicyclic) bond motifs is 1. The zero-order chi connectivity index (χ0) is 20.9. The zero-order valence-electron chi connectivity index (χ0n) is 17.8. The van der Waals surface area contributed by atoms with Crippen molar-refractivity contribution in [2.24, 2.45) is 0 Å². The lowest BCUT2D eigenvalue weighted by Gasteiger charge is -2.22. The number of rotatable bonds is 6. The van der Waals surface area contributed by atoms with Crippen molar-refractivity contribution in [2.75, 3.05) is 18.0 Å². The summed E-state index contributed by atoms with van der Waals surface area (Å²) in [6.45, 7) is 6.46. The lowest BCUT2D eigenvalue weighted by Crippen LogP contribution is -2.26. The standard InChI is InChI=1S/C23H29N5O2/c1-16-8-7-9-18(14-16)15-24-20(29)11-10-19-25-22(28-12-5-3-4-6-13-28)21-17(2)27-30-23(21)26-19/h7-9,14H,3-6,10-13,15H2,1-2H3,(H,24,29). The number of anilines is 1. The van der Waals surface area contributed by atoms with Gasteiger partial charge in [0.25, 0.3) is 5.71 Å². The minimum atomic E-state index is -0.00900. The van der Waals surface area contributed by atoms with Gasteiger partial charge in [-0.15, -0.1) is 0 Å². The first-order valence-corrected chi connectivity index (χ1v) is 10.8. The van der Waals surface area contributed by atoms with Crippen LogP contribution >= 0.6 is 0 Å². The fraction of sp³-hybridized carbons (Fsp3) is 0.478. The van der Waals surface area contributed by atoms with E-state index in [0.717, 1.165) is 48.4 Å². The molecule has 1 aliphatic heterocycles. The maximum absolute atomic E-state index is 12.4. The van der Waals surface area contributed by atoms with E-state index in [9.17, 15) is 4.79 Å². The van der Waals surface area contributed by atoms with Crippen molar-refractivity contribution in [1.82, 2.24) is 20.4 Å². The number of aromatic nitrogens is 3. The van der Waals surface area contributed by atoms with E-state index in [-0.39, 0.29) is 5.91 Å². The molecule has 7 nitrogen and oxygen atoms in total. The summed E-state index contributed by atoms with van der Waals surface area (Å²) in [5, 5.41) is 7.97. The first-order chi connectivity index (χ1) is 14.6. The fourth-order valence-electron chi connectivity index (χ4n) is 3.97. The van der Waals surface area contributed by atoms with E-state index in [4.69, 9.17) is 9.51 Å². The third-order valence-electron chi connectivity index (χ3n) is 5.59. The van der Waals surface area contributed by atoms with E-state index in [1.807, 2.05) is 32.0 Å². The number of aryl methyl sites for hydroxylation is 3. The Morgan fingerprint density at radius 1 is 1.13 bits per heavy atom. The summed E-state index contributed by atoms with van der Waals surface area (Å²) in [6.07, 6.45) is 5.63. The third kappa shape index (κ3) is 4.78. The Labute approximate surface area is 176 Å². The van der Waals surface area contributed by atoms with Crippen molar-refractivity contribution in [3.63, 3.8) is 0 Å². The predicted molar refractivity (Wildman–Crippen MR) is 116 cm³/mol. The number of hydrogen-bond acceptors (Lipinski definition) is 6. The molecule has 0 spiro atoms. The monoisotopic (exact) mass is 407 g/mol. The van der Waals surface area contributed by atoms with Crippen LogP contribution in [-0.2, 0) is 17.8 Å². The SMILES string of the molecule is Cc1cccc(CNC(=O)CCc2nc(N3CCCCCC3)c3c(C)noc3n2)c1. The fourth-order valence-corrected chi connectivity index (χ4v) is 3.97. The quantitative estimate of drug-likeness (QED) is 0.668. The minimum Gasteiger partial charge on any atom is -0.356 e. The highest BCUT2D eigenvalue weighted by Gasteiger charge is 2.21. The van der Waals surface area contributed by atoms with Gasteiger partial charge in [0, 0.05) is 32.5 Å². The minimum absolute atomic E-state index is 0.00900. The molecule has 0 saturated carbocycles. The van der Waals surface area contributed by atoms with E-state index in [1.54, 1.807) is 0 Å². The van der Waals surface area contributed by atoms with Crippen LogP contribution in [0.1, 0.15) is 54.7 Å². The molecule has 0 unspecified atom stereocenters. The highest BCUT2D eigenvalue weighted by Crippen LogP contribution is 2.29.